The van der Waals surface area contributed by atoms with E-state index in [1.54, 1.807) is 12.1 Å². The lowest BCUT2D eigenvalue weighted by molar-refractivity contribution is -0.141. The van der Waals surface area contributed by atoms with Gasteiger partial charge >= 0.3 is 5.97 Å². The Labute approximate surface area is 100 Å². The highest BCUT2D eigenvalue weighted by molar-refractivity contribution is 5.82. The lowest BCUT2D eigenvalue weighted by Crippen LogP contribution is -2.36. The highest BCUT2D eigenvalue weighted by Crippen LogP contribution is 2.26. The molecule has 1 atom stereocenters. The van der Waals surface area contributed by atoms with Crippen LogP contribution in [0.1, 0.15) is 23.2 Å². The molecule has 1 fully saturated rings. The summed E-state index contributed by atoms with van der Waals surface area (Å²) >= 11 is 0. The first-order valence-corrected chi connectivity index (χ1v) is 5.66. The van der Waals surface area contributed by atoms with E-state index < -0.39 is 0 Å². The molecular formula is C13H15NO3. The molecule has 17 heavy (non-hydrogen) atoms. The zero-order chi connectivity index (χ0) is 12.3. The Hall–Kier alpha value is -1.84. The number of rotatable bonds is 3. The predicted molar refractivity (Wildman–Crippen MR) is 64.2 cm³/mol. The van der Waals surface area contributed by atoms with Gasteiger partial charge in [-0.05, 0) is 25.0 Å². The highest BCUT2D eigenvalue weighted by Gasteiger charge is 2.31. The van der Waals surface area contributed by atoms with E-state index >= 15 is 0 Å². The summed E-state index contributed by atoms with van der Waals surface area (Å²) in [5.41, 5.74) is 1.53. The third-order valence-electron chi connectivity index (χ3n) is 3.06. The highest BCUT2D eigenvalue weighted by atomic mass is 16.5. The molecule has 2 rings (SSSR count). The number of hydrogen-bond donors (Lipinski definition) is 0. The van der Waals surface area contributed by atoms with Crippen LogP contribution in [0, 0.1) is 0 Å². The van der Waals surface area contributed by atoms with E-state index in [0.29, 0.717) is 5.56 Å². The maximum Gasteiger partial charge on any atom is 0.328 e. The first kappa shape index (κ1) is 11.6. The Balaban J connectivity index is 2.25. The number of methoxy groups -OCH3 is 1. The summed E-state index contributed by atoms with van der Waals surface area (Å²) in [6, 6.07) is 7.07. The molecule has 1 unspecified atom stereocenters. The van der Waals surface area contributed by atoms with Gasteiger partial charge in [0, 0.05) is 17.8 Å². The molecule has 0 bridgehead atoms. The molecule has 1 aromatic carbocycles. The molecule has 0 radical (unpaired) electrons. The van der Waals surface area contributed by atoms with Crippen molar-refractivity contribution < 1.29 is 14.3 Å². The fourth-order valence-electron chi connectivity index (χ4n) is 2.23. The molecule has 1 heterocycles. The molecule has 0 spiro atoms. The molecule has 1 aliphatic heterocycles. The van der Waals surface area contributed by atoms with Crippen molar-refractivity contribution in [3.8, 4) is 0 Å². The Morgan fingerprint density at radius 3 is 3.06 bits per heavy atom. The van der Waals surface area contributed by atoms with Crippen LogP contribution in [0.15, 0.2) is 24.3 Å². The van der Waals surface area contributed by atoms with Crippen LogP contribution in [0.4, 0.5) is 5.69 Å². The minimum Gasteiger partial charge on any atom is -0.467 e. The minimum absolute atomic E-state index is 0.209. The minimum atomic E-state index is -0.220. The summed E-state index contributed by atoms with van der Waals surface area (Å²) in [5.74, 6) is -0.209. The SMILES string of the molecule is COC(=O)C1CCCN1c1cccc(C=O)c1. The number of anilines is 1. The van der Waals surface area contributed by atoms with Crippen molar-refractivity contribution in [3.63, 3.8) is 0 Å². The van der Waals surface area contributed by atoms with Crippen LogP contribution in [0.5, 0.6) is 0 Å². The molecule has 0 aromatic heterocycles. The van der Waals surface area contributed by atoms with Crippen LogP contribution in [-0.4, -0.2) is 32.0 Å². The largest absolute Gasteiger partial charge is 0.467 e. The van der Waals surface area contributed by atoms with Crippen molar-refractivity contribution in [1.82, 2.24) is 0 Å². The van der Waals surface area contributed by atoms with E-state index in [2.05, 4.69) is 0 Å². The van der Waals surface area contributed by atoms with Gasteiger partial charge in [-0.25, -0.2) is 4.79 Å². The Bertz CT molecular complexity index is 430. The topological polar surface area (TPSA) is 46.6 Å². The zero-order valence-electron chi connectivity index (χ0n) is 9.76. The van der Waals surface area contributed by atoms with Crippen LogP contribution in [0.25, 0.3) is 0 Å². The number of carbonyl (C=O) groups excluding carboxylic acids is 2. The van der Waals surface area contributed by atoms with Crippen LogP contribution < -0.4 is 4.90 Å². The fraction of sp³-hybridized carbons (Fsp3) is 0.385. The van der Waals surface area contributed by atoms with E-state index in [9.17, 15) is 9.59 Å². The lowest BCUT2D eigenvalue weighted by atomic mass is 10.1. The Morgan fingerprint density at radius 1 is 1.53 bits per heavy atom. The van der Waals surface area contributed by atoms with Gasteiger partial charge in [0.1, 0.15) is 12.3 Å². The van der Waals surface area contributed by atoms with Gasteiger partial charge in [-0.2, -0.15) is 0 Å². The van der Waals surface area contributed by atoms with Crippen LogP contribution in [-0.2, 0) is 9.53 Å². The van der Waals surface area contributed by atoms with Gasteiger partial charge in [0.05, 0.1) is 7.11 Å². The monoisotopic (exact) mass is 233 g/mol. The molecule has 1 aromatic rings. The summed E-state index contributed by atoms with van der Waals surface area (Å²) < 4.78 is 4.79. The van der Waals surface area contributed by atoms with Gasteiger partial charge in [0.2, 0.25) is 0 Å². The van der Waals surface area contributed by atoms with Gasteiger partial charge in [-0.15, -0.1) is 0 Å². The van der Waals surface area contributed by atoms with Gasteiger partial charge in [0.15, 0.2) is 0 Å². The van der Waals surface area contributed by atoms with Gasteiger partial charge < -0.3 is 9.64 Å². The molecule has 0 saturated carbocycles. The average Bonchev–Trinajstić information content (AvgIpc) is 2.87. The van der Waals surface area contributed by atoms with E-state index in [0.717, 1.165) is 31.4 Å². The normalized spacial score (nSPS) is 19.1. The van der Waals surface area contributed by atoms with Crippen molar-refractivity contribution >= 4 is 17.9 Å². The first-order valence-electron chi connectivity index (χ1n) is 5.66. The van der Waals surface area contributed by atoms with Crippen LogP contribution >= 0.6 is 0 Å². The molecule has 4 nitrogen and oxygen atoms in total. The zero-order valence-corrected chi connectivity index (χ0v) is 9.76. The molecule has 1 saturated heterocycles. The number of esters is 1. The molecule has 1 aliphatic rings. The molecular weight excluding hydrogens is 218 g/mol. The summed E-state index contributed by atoms with van der Waals surface area (Å²) in [6.45, 7) is 0.822. The second-order valence-electron chi connectivity index (χ2n) is 4.09. The predicted octanol–water partition coefficient (Wildman–Crippen LogP) is 1.64. The number of carbonyl (C=O) groups is 2. The molecule has 4 heteroatoms. The van der Waals surface area contributed by atoms with Crippen molar-refractivity contribution in [2.24, 2.45) is 0 Å². The van der Waals surface area contributed by atoms with Crippen molar-refractivity contribution in [1.29, 1.82) is 0 Å². The van der Waals surface area contributed by atoms with Gasteiger partial charge in [0.25, 0.3) is 0 Å². The summed E-state index contributed by atoms with van der Waals surface area (Å²) in [5, 5.41) is 0. The maximum atomic E-state index is 11.6. The summed E-state index contributed by atoms with van der Waals surface area (Å²) in [4.78, 5) is 24.4. The van der Waals surface area contributed by atoms with Crippen LogP contribution in [0.2, 0.25) is 0 Å². The van der Waals surface area contributed by atoms with Crippen molar-refractivity contribution in [3.05, 3.63) is 29.8 Å². The fourth-order valence-corrected chi connectivity index (χ4v) is 2.23. The van der Waals surface area contributed by atoms with Crippen molar-refractivity contribution in [2.75, 3.05) is 18.6 Å². The van der Waals surface area contributed by atoms with E-state index in [1.807, 2.05) is 17.0 Å². The molecule has 0 N–H and O–H groups in total. The third-order valence-corrected chi connectivity index (χ3v) is 3.06. The maximum absolute atomic E-state index is 11.6. The number of hydrogen-bond acceptors (Lipinski definition) is 4. The molecule has 0 aliphatic carbocycles. The lowest BCUT2D eigenvalue weighted by Gasteiger charge is -2.24. The second-order valence-corrected chi connectivity index (χ2v) is 4.09. The number of nitrogens with zero attached hydrogens (tertiary/aromatic N) is 1. The van der Waals surface area contributed by atoms with Crippen LogP contribution in [0.3, 0.4) is 0 Å². The quantitative estimate of drug-likeness (QED) is 0.588. The summed E-state index contributed by atoms with van der Waals surface area (Å²) in [7, 11) is 1.40. The van der Waals surface area contributed by atoms with E-state index in [-0.39, 0.29) is 12.0 Å². The molecule has 0 amide bonds. The molecule has 90 valence electrons. The Morgan fingerprint density at radius 2 is 2.35 bits per heavy atom. The summed E-state index contributed by atoms with van der Waals surface area (Å²) in [6.07, 6.45) is 2.58. The number of ether oxygens (including phenoxy) is 1. The standard InChI is InChI=1S/C13H15NO3/c1-17-13(16)12-6-3-7-14(12)11-5-2-4-10(8-11)9-15/h2,4-5,8-9,12H,3,6-7H2,1H3. The van der Waals surface area contributed by atoms with Gasteiger partial charge in [-0.3, -0.25) is 4.79 Å². The van der Waals surface area contributed by atoms with E-state index in [4.69, 9.17) is 4.74 Å². The van der Waals surface area contributed by atoms with Crippen molar-refractivity contribution in [2.45, 2.75) is 18.9 Å². The van der Waals surface area contributed by atoms with E-state index in [1.165, 1.54) is 7.11 Å². The number of aldehydes is 1. The average molecular weight is 233 g/mol. The third kappa shape index (κ3) is 2.30. The first-order chi connectivity index (χ1) is 8.26. The number of benzene rings is 1. The smallest absolute Gasteiger partial charge is 0.328 e. The second kappa shape index (κ2) is 4.99. The Kier molecular flexibility index (Phi) is 3.42. The van der Waals surface area contributed by atoms with Gasteiger partial charge in [-0.1, -0.05) is 12.1 Å².